The highest BCUT2D eigenvalue weighted by Gasteiger charge is 2.31. The van der Waals surface area contributed by atoms with E-state index in [0.29, 0.717) is 12.4 Å². The Morgan fingerprint density at radius 1 is 1.40 bits per heavy atom. The molecule has 1 saturated heterocycles. The van der Waals surface area contributed by atoms with Crippen LogP contribution in [0.4, 0.5) is 5.82 Å². The van der Waals surface area contributed by atoms with Gasteiger partial charge in [0, 0.05) is 12.2 Å². The molecule has 5 nitrogen and oxygen atoms in total. The summed E-state index contributed by atoms with van der Waals surface area (Å²) < 4.78 is 5.43. The van der Waals surface area contributed by atoms with E-state index >= 15 is 0 Å². The SMILES string of the molecule is C[C@@H]1OCC[C@@H]1C(=O)Nc1[nH]ncc1-c1ccccc1. The lowest BCUT2D eigenvalue weighted by molar-refractivity contribution is -0.121. The summed E-state index contributed by atoms with van der Waals surface area (Å²) in [5.41, 5.74) is 1.91. The number of nitrogens with zero attached hydrogens (tertiary/aromatic N) is 1. The quantitative estimate of drug-likeness (QED) is 0.901. The number of rotatable bonds is 3. The molecule has 1 aliphatic heterocycles. The second kappa shape index (κ2) is 5.46. The number of amides is 1. The number of H-pyrrole nitrogens is 1. The molecule has 104 valence electrons. The zero-order valence-electron chi connectivity index (χ0n) is 11.3. The average molecular weight is 271 g/mol. The lowest BCUT2D eigenvalue weighted by Gasteiger charge is -2.14. The maximum Gasteiger partial charge on any atom is 0.231 e. The smallest absolute Gasteiger partial charge is 0.231 e. The Kier molecular flexibility index (Phi) is 3.52. The van der Waals surface area contributed by atoms with Gasteiger partial charge in [0.05, 0.1) is 18.2 Å². The minimum absolute atomic E-state index is 0.0172. The molecule has 5 heteroatoms. The van der Waals surface area contributed by atoms with Crippen LogP contribution in [0.2, 0.25) is 0 Å². The van der Waals surface area contributed by atoms with Gasteiger partial charge in [-0.25, -0.2) is 0 Å². The van der Waals surface area contributed by atoms with Gasteiger partial charge in [-0.3, -0.25) is 9.89 Å². The van der Waals surface area contributed by atoms with E-state index in [9.17, 15) is 4.79 Å². The molecule has 1 aliphatic rings. The van der Waals surface area contributed by atoms with Crippen molar-refractivity contribution in [2.24, 2.45) is 5.92 Å². The van der Waals surface area contributed by atoms with Gasteiger partial charge in [0.15, 0.2) is 0 Å². The van der Waals surface area contributed by atoms with Crippen molar-refractivity contribution < 1.29 is 9.53 Å². The third kappa shape index (κ3) is 2.44. The molecule has 1 aromatic heterocycles. The van der Waals surface area contributed by atoms with Crippen LogP contribution in [0.5, 0.6) is 0 Å². The van der Waals surface area contributed by atoms with E-state index < -0.39 is 0 Å². The Balaban J connectivity index is 1.79. The van der Waals surface area contributed by atoms with Gasteiger partial charge in [-0.1, -0.05) is 30.3 Å². The summed E-state index contributed by atoms with van der Waals surface area (Å²) in [6, 6.07) is 9.85. The second-order valence-corrected chi connectivity index (χ2v) is 4.99. The van der Waals surface area contributed by atoms with Crippen molar-refractivity contribution in [1.82, 2.24) is 10.2 Å². The Morgan fingerprint density at radius 3 is 2.90 bits per heavy atom. The van der Waals surface area contributed by atoms with E-state index in [2.05, 4.69) is 15.5 Å². The predicted molar refractivity (Wildman–Crippen MR) is 76.2 cm³/mol. The number of aromatic nitrogens is 2. The molecule has 0 saturated carbocycles. The Hall–Kier alpha value is -2.14. The van der Waals surface area contributed by atoms with E-state index in [-0.39, 0.29) is 17.9 Å². The zero-order valence-corrected chi connectivity index (χ0v) is 11.3. The molecule has 1 aromatic carbocycles. The van der Waals surface area contributed by atoms with Crippen molar-refractivity contribution in [2.75, 3.05) is 11.9 Å². The topological polar surface area (TPSA) is 67.0 Å². The summed E-state index contributed by atoms with van der Waals surface area (Å²) in [5.74, 6) is 0.527. The van der Waals surface area contributed by atoms with Crippen molar-refractivity contribution in [3.8, 4) is 11.1 Å². The highest BCUT2D eigenvalue weighted by atomic mass is 16.5. The molecular weight excluding hydrogens is 254 g/mol. The van der Waals surface area contributed by atoms with E-state index in [1.54, 1.807) is 6.20 Å². The molecule has 0 aliphatic carbocycles. The van der Waals surface area contributed by atoms with Crippen LogP contribution in [-0.2, 0) is 9.53 Å². The fourth-order valence-electron chi connectivity index (χ4n) is 2.51. The molecule has 0 spiro atoms. The van der Waals surface area contributed by atoms with Crippen molar-refractivity contribution in [2.45, 2.75) is 19.4 Å². The van der Waals surface area contributed by atoms with E-state index in [1.165, 1.54) is 0 Å². The number of benzene rings is 1. The maximum absolute atomic E-state index is 12.3. The van der Waals surface area contributed by atoms with Crippen LogP contribution in [0.3, 0.4) is 0 Å². The van der Waals surface area contributed by atoms with Crippen LogP contribution in [0.15, 0.2) is 36.5 Å². The van der Waals surface area contributed by atoms with Crippen molar-refractivity contribution in [3.63, 3.8) is 0 Å². The van der Waals surface area contributed by atoms with E-state index in [1.807, 2.05) is 37.3 Å². The van der Waals surface area contributed by atoms with Gasteiger partial charge in [0.1, 0.15) is 5.82 Å². The maximum atomic E-state index is 12.3. The summed E-state index contributed by atoms with van der Waals surface area (Å²) >= 11 is 0. The minimum Gasteiger partial charge on any atom is -0.378 e. The minimum atomic E-state index is -0.0954. The fraction of sp³-hybridized carbons (Fsp3) is 0.333. The van der Waals surface area contributed by atoms with Crippen molar-refractivity contribution in [1.29, 1.82) is 0 Å². The first-order chi connectivity index (χ1) is 9.75. The number of nitrogens with one attached hydrogen (secondary N) is 2. The number of hydrogen-bond donors (Lipinski definition) is 2. The molecule has 2 atom stereocenters. The molecule has 2 aromatic rings. The first-order valence-electron chi connectivity index (χ1n) is 6.77. The Morgan fingerprint density at radius 2 is 2.20 bits per heavy atom. The monoisotopic (exact) mass is 271 g/mol. The van der Waals surface area contributed by atoms with Crippen molar-refractivity contribution >= 4 is 11.7 Å². The Labute approximate surface area is 117 Å². The Bertz CT molecular complexity index is 594. The largest absolute Gasteiger partial charge is 0.378 e. The summed E-state index contributed by atoms with van der Waals surface area (Å²) in [7, 11) is 0. The number of anilines is 1. The normalized spacial score (nSPS) is 21.9. The van der Waals surface area contributed by atoms with Crippen LogP contribution in [0, 0.1) is 5.92 Å². The highest BCUT2D eigenvalue weighted by molar-refractivity contribution is 5.95. The first kappa shape index (κ1) is 12.9. The number of carbonyl (C=O) groups is 1. The molecule has 1 amide bonds. The highest BCUT2D eigenvalue weighted by Crippen LogP contribution is 2.27. The first-order valence-corrected chi connectivity index (χ1v) is 6.77. The average Bonchev–Trinajstić information content (AvgIpc) is 3.08. The fourth-order valence-corrected chi connectivity index (χ4v) is 2.51. The summed E-state index contributed by atoms with van der Waals surface area (Å²) in [4.78, 5) is 12.3. The van der Waals surface area contributed by atoms with Gasteiger partial charge in [0.25, 0.3) is 0 Å². The lowest BCUT2D eigenvalue weighted by Crippen LogP contribution is -2.28. The molecule has 2 N–H and O–H groups in total. The van der Waals surface area contributed by atoms with Crippen LogP contribution in [-0.4, -0.2) is 28.8 Å². The van der Waals surface area contributed by atoms with Crippen LogP contribution >= 0.6 is 0 Å². The summed E-state index contributed by atoms with van der Waals surface area (Å²) in [5, 5.41) is 9.80. The number of carbonyl (C=O) groups excluding carboxylic acids is 1. The second-order valence-electron chi connectivity index (χ2n) is 4.99. The number of ether oxygens (including phenoxy) is 1. The predicted octanol–water partition coefficient (Wildman–Crippen LogP) is 2.44. The molecule has 3 rings (SSSR count). The lowest BCUT2D eigenvalue weighted by atomic mass is 10.0. The standard InChI is InChI=1S/C15H17N3O2/c1-10-12(7-8-20-10)15(19)17-14-13(9-16-18-14)11-5-3-2-4-6-11/h2-6,9-10,12H,7-8H2,1H3,(H2,16,17,18,19)/t10-,12-/m0/s1. The molecule has 20 heavy (non-hydrogen) atoms. The number of hydrogen-bond acceptors (Lipinski definition) is 3. The molecule has 0 unspecified atom stereocenters. The van der Waals surface area contributed by atoms with Gasteiger partial charge in [0.2, 0.25) is 5.91 Å². The third-order valence-electron chi connectivity index (χ3n) is 3.69. The molecule has 1 fully saturated rings. The van der Waals surface area contributed by atoms with Gasteiger partial charge in [-0.05, 0) is 18.9 Å². The molecule has 0 bridgehead atoms. The van der Waals surface area contributed by atoms with Crippen LogP contribution < -0.4 is 5.32 Å². The number of aromatic amines is 1. The molecule has 2 heterocycles. The van der Waals surface area contributed by atoms with E-state index in [0.717, 1.165) is 17.5 Å². The molecular formula is C15H17N3O2. The van der Waals surface area contributed by atoms with Gasteiger partial charge >= 0.3 is 0 Å². The van der Waals surface area contributed by atoms with Crippen LogP contribution in [0.25, 0.3) is 11.1 Å². The summed E-state index contributed by atoms with van der Waals surface area (Å²) in [6.45, 7) is 2.58. The van der Waals surface area contributed by atoms with Gasteiger partial charge < -0.3 is 10.1 Å². The van der Waals surface area contributed by atoms with Crippen molar-refractivity contribution in [3.05, 3.63) is 36.5 Å². The zero-order chi connectivity index (χ0) is 13.9. The third-order valence-corrected chi connectivity index (χ3v) is 3.69. The molecule has 0 radical (unpaired) electrons. The van der Waals surface area contributed by atoms with Gasteiger partial charge in [-0.2, -0.15) is 5.10 Å². The van der Waals surface area contributed by atoms with Crippen LogP contribution in [0.1, 0.15) is 13.3 Å². The van der Waals surface area contributed by atoms with E-state index in [4.69, 9.17) is 4.74 Å². The summed E-state index contributed by atoms with van der Waals surface area (Å²) in [6.07, 6.45) is 2.46. The van der Waals surface area contributed by atoms with Gasteiger partial charge in [-0.15, -0.1) is 0 Å².